The van der Waals surface area contributed by atoms with Gasteiger partial charge in [-0.1, -0.05) is 18.2 Å². The third kappa shape index (κ3) is 3.06. The van der Waals surface area contributed by atoms with Crippen LogP contribution >= 0.6 is 0 Å². The Labute approximate surface area is 132 Å². The number of rotatable bonds is 4. The lowest BCUT2D eigenvalue weighted by Crippen LogP contribution is -2.13. The number of aromatic nitrogens is 2. The lowest BCUT2D eigenvalue weighted by molar-refractivity contribution is 0.102. The van der Waals surface area contributed by atoms with Crippen molar-refractivity contribution in [1.82, 2.24) is 9.78 Å². The predicted molar refractivity (Wildman–Crippen MR) is 84.5 cm³/mol. The van der Waals surface area contributed by atoms with Gasteiger partial charge in [-0.2, -0.15) is 9.49 Å². The quantitative estimate of drug-likeness (QED) is 0.804. The molecule has 0 atom stereocenters. The number of hydrogen-bond acceptors (Lipinski definition) is 3. The number of hydrogen-bond donors (Lipinski definition) is 1. The van der Waals surface area contributed by atoms with E-state index in [0.717, 1.165) is 4.68 Å². The van der Waals surface area contributed by atoms with Gasteiger partial charge in [0.15, 0.2) is 0 Å². The van der Waals surface area contributed by atoms with Gasteiger partial charge in [0.25, 0.3) is 5.91 Å². The van der Waals surface area contributed by atoms with Crippen LogP contribution in [0.15, 0.2) is 60.8 Å². The monoisotopic (exact) mass is 311 g/mol. The molecule has 0 spiro atoms. The molecule has 0 saturated carbocycles. The minimum Gasteiger partial charge on any atom is -0.497 e. The van der Waals surface area contributed by atoms with E-state index >= 15 is 0 Å². The van der Waals surface area contributed by atoms with Crippen molar-refractivity contribution in [3.05, 3.63) is 72.3 Å². The molecule has 23 heavy (non-hydrogen) atoms. The standard InChI is InChI=1S/C17H14FN3O2/c1-23-14-9-7-12(8-10-14)20-17(22)15-11-19-21(16(15)18)13-5-3-2-4-6-13/h2-11H,1H3,(H,20,22). The zero-order chi connectivity index (χ0) is 16.2. The van der Waals surface area contributed by atoms with Crippen LogP contribution < -0.4 is 10.1 Å². The fourth-order valence-corrected chi connectivity index (χ4v) is 2.11. The summed E-state index contributed by atoms with van der Waals surface area (Å²) in [7, 11) is 1.56. The maximum absolute atomic E-state index is 14.4. The first-order valence-corrected chi connectivity index (χ1v) is 6.93. The Balaban J connectivity index is 1.81. The first kappa shape index (κ1) is 14.8. The van der Waals surface area contributed by atoms with Crippen LogP contribution in [-0.2, 0) is 0 Å². The van der Waals surface area contributed by atoms with Gasteiger partial charge in [0.05, 0.1) is 19.0 Å². The van der Waals surface area contributed by atoms with Gasteiger partial charge in [0, 0.05) is 5.69 Å². The number of nitrogens with one attached hydrogen (secondary N) is 1. The summed E-state index contributed by atoms with van der Waals surface area (Å²) < 4.78 is 20.5. The normalized spacial score (nSPS) is 10.3. The predicted octanol–water partition coefficient (Wildman–Crippen LogP) is 3.27. The number of methoxy groups -OCH3 is 1. The van der Waals surface area contributed by atoms with E-state index in [9.17, 15) is 9.18 Å². The van der Waals surface area contributed by atoms with Crippen molar-refractivity contribution in [3.63, 3.8) is 0 Å². The highest BCUT2D eigenvalue weighted by molar-refractivity contribution is 6.04. The molecule has 116 valence electrons. The number of nitrogens with zero attached hydrogens (tertiary/aromatic N) is 2. The Kier molecular flexibility index (Phi) is 4.05. The van der Waals surface area contributed by atoms with Crippen LogP contribution in [0.5, 0.6) is 5.75 Å². The molecular weight excluding hydrogens is 297 g/mol. The number of amides is 1. The van der Waals surface area contributed by atoms with Crippen LogP contribution in [-0.4, -0.2) is 22.8 Å². The van der Waals surface area contributed by atoms with E-state index in [4.69, 9.17) is 4.74 Å². The van der Waals surface area contributed by atoms with Crippen LogP contribution in [0, 0.1) is 5.95 Å². The van der Waals surface area contributed by atoms with Crippen molar-refractivity contribution in [2.24, 2.45) is 0 Å². The first-order chi connectivity index (χ1) is 11.2. The summed E-state index contributed by atoms with van der Waals surface area (Å²) in [4.78, 5) is 12.2. The van der Waals surface area contributed by atoms with Crippen molar-refractivity contribution >= 4 is 11.6 Å². The van der Waals surface area contributed by atoms with Gasteiger partial charge >= 0.3 is 0 Å². The topological polar surface area (TPSA) is 56.1 Å². The van der Waals surface area contributed by atoms with Gasteiger partial charge < -0.3 is 10.1 Å². The van der Waals surface area contributed by atoms with E-state index in [-0.39, 0.29) is 5.56 Å². The second kappa shape index (κ2) is 6.31. The molecule has 0 aliphatic heterocycles. The number of ether oxygens (including phenoxy) is 1. The van der Waals surface area contributed by atoms with Crippen LogP contribution in [0.2, 0.25) is 0 Å². The average molecular weight is 311 g/mol. The number of para-hydroxylation sites is 1. The van der Waals surface area contributed by atoms with Gasteiger partial charge in [0.2, 0.25) is 5.95 Å². The van der Waals surface area contributed by atoms with Crippen LogP contribution in [0.1, 0.15) is 10.4 Å². The molecule has 3 aromatic rings. The molecule has 2 aromatic carbocycles. The summed E-state index contributed by atoms with van der Waals surface area (Å²) >= 11 is 0. The zero-order valence-corrected chi connectivity index (χ0v) is 12.4. The van der Waals surface area contributed by atoms with Crippen LogP contribution in [0.4, 0.5) is 10.1 Å². The van der Waals surface area contributed by atoms with Crippen LogP contribution in [0.25, 0.3) is 5.69 Å². The van der Waals surface area contributed by atoms with Gasteiger partial charge in [-0.05, 0) is 36.4 Å². The summed E-state index contributed by atoms with van der Waals surface area (Å²) in [6.07, 6.45) is 1.21. The maximum Gasteiger partial charge on any atom is 0.261 e. The fraction of sp³-hybridized carbons (Fsp3) is 0.0588. The van der Waals surface area contributed by atoms with Crippen molar-refractivity contribution < 1.29 is 13.9 Å². The number of benzene rings is 2. The molecule has 0 bridgehead atoms. The summed E-state index contributed by atoms with van der Waals surface area (Å²) in [5, 5.41) is 6.56. The van der Waals surface area contributed by atoms with E-state index in [1.165, 1.54) is 6.20 Å². The molecule has 5 nitrogen and oxygen atoms in total. The number of carbonyl (C=O) groups is 1. The van der Waals surface area contributed by atoms with Crippen molar-refractivity contribution in [2.45, 2.75) is 0 Å². The summed E-state index contributed by atoms with van der Waals surface area (Å²) in [6, 6.07) is 15.6. The van der Waals surface area contributed by atoms with Crippen molar-refractivity contribution in [1.29, 1.82) is 0 Å². The molecule has 1 amide bonds. The highest BCUT2D eigenvalue weighted by Gasteiger charge is 2.18. The Morgan fingerprint density at radius 2 is 1.83 bits per heavy atom. The van der Waals surface area contributed by atoms with E-state index in [1.807, 2.05) is 6.07 Å². The van der Waals surface area contributed by atoms with Crippen LogP contribution in [0.3, 0.4) is 0 Å². The van der Waals surface area contributed by atoms with Gasteiger partial charge in [-0.3, -0.25) is 4.79 Å². The summed E-state index contributed by atoms with van der Waals surface area (Å²) in [5.74, 6) is -0.594. The Hall–Kier alpha value is -3.15. The van der Waals surface area contributed by atoms with E-state index in [0.29, 0.717) is 17.1 Å². The molecule has 1 N–H and O–H groups in total. The Morgan fingerprint density at radius 3 is 2.48 bits per heavy atom. The minimum atomic E-state index is -0.706. The molecule has 1 heterocycles. The van der Waals surface area contributed by atoms with Gasteiger partial charge in [0.1, 0.15) is 11.3 Å². The maximum atomic E-state index is 14.4. The molecular formula is C17H14FN3O2. The lowest BCUT2D eigenvalue weighted by Gasteiger charge is -2.05. The lowest BCUT2D eigenvalue weighted by atomic mass is 10.2. The molecule has 0 radical (unpaired) electrons. The highest BCUT2D eigenvalue weighted by atomic mass is 19.1. The highest BCUT2D eigenvalue weighted by Crippen LogP contribution is 2.18. The largest absolute Gasteiger partial charge is 0.497 e. The van der Waals surface area contributed by atoms with Crippen molar-refractivity contribution in [3.8, 4) is 11.4 Å². The fourth-order valence-electron chi connectivity index (χ4n) is 2.11. The Bertz CT molecular complexity index is 814. The average Bonchev–Trinajstić information content (AvgIpc) is 2.98. The van der Waals surface area contributed by atoms with E-state index in [2.05, 4.69) is 10.4 Å². The number of halogens is 1. The molecule has 0 saturated heterocycles. The zero-order valence-electron chi connectivity index (χ0n) is 12.4. The molecule has 6 heteroatoms. The smallest absolute Gasteiger partial charge is 0.261 e. The first-order valence-electron chi connectivity index (χ1n) is 6.93. The molecule has 0 fully saturated rings. The molecule has 0 aliphatic rings. The summed E-state index contributed by atoms with van der Waals surface area (Å²) in [6.45, 7) is 0. The molecule has 3 rings (SSSR count). The third-order valence-corrected chi connectivity index (χ3v) is 3.30. The third-order valence-electron chi connectivity index (χ3n) is 3.30. The van der Waals surface area contributed by atoms with E-state index in [1.54, 1.807) is 55.6 Å². The number of carbonyl (C=O) groups excluding carboxylic acids is 1. The molecule has 0 unspecified atom stereocenters. The molecule has 0 aliphatic carbocycles. The van der Waals surface area contributed by atoms with E-state index < -0.39 is 11.9 Å². The van der Waals surface area contributed by atoms with Gasteiger partial charge in [-0.25, -0.2) is 4.68 Å². The number of anilines is 1. The van der Waals surface area contributed by atoms with Gasteiger partial charge in [-0.15, -0.1) is 0 Å². The summed E-state index contributed by atoms with van der Waals surface area (Å²) in [5.41, 5.74) is 0.973. The molecule has 1 aromatic heterocycles. The Morgan fingerprint density at radius 1 is 1.13 bits per heavy atom. The minimum absolute atomic E-state index is 0.121. The van der Waals surface area contributed by atoms with Crippen molar-refractivity contribution in [2.75, 3.05) is 12.4 Å². The SMILES string of the molecule is COc1ccc(NC(=O)c2cnn(-c3ccccc3)c2F)cc1. The second-order valence-corrected chi connectivity index (χ2v) is 4.78. The second-order valence-electron chi connectivity index (χ2n) is 4.78.